The van der Waals surface area contributed by atoms with Crippen LogP contribution >= 0.6 is 0 Å². The van der Waals surface area contributed by atoms with E-state index in [2.05, 4.69) is 21.3 Å². The molecule has 1 amide bonds. The minimum atomic E-state index is -0.112. The summed E-state index contributed by atoms with van der Waals surface area (Å²) in [6.45, 7) is 4.58. The van der Waals surface area contributed by atoms with E-state index in [1.165, 1.54) is 24.8 Å². The van der Waals surface area contributed by atoms with Crippen LogP contribution in [-0.2, 0) is 13.0 Å². The summed E-state index contributed by atoms with van der Waals surface area (Å²) >= 11 is 0. The average Bonchev–Trinajstić information content (AvgIpc) is 3.33. The van der Waals surface area contributed by atoms with E-state index in [1.807, 2.05) is 18.2 Å². The highest BCUT2D eigenvalue weighted by molar-refractivity contribution is 5.91. The van der Waals surface area contributed by atoms with Gasteiger partial charge in [-0.05, 0) is 37.6 Å². The first kappa shape index (κ1) is 18.0. The van der Waals surface area contributed by atoms with Gasteiger partial charge in [0.2, 0.25) is 0 Å². The summed E-state index contributed by atoms with van der Waals surface area (Å²) in [5.74, 6) is 0.811. The summed E-state index contributed by atoms with van der Waals surface area (Å²) < 4.78 is 7.71. The highest BCUT2D eigenvalue weighted by Gasteiger charge is 2.26. The van der Waals surface area contributed by atoms with Crippen LogP contribution in [0, 0.1) is 0 Å². The van der Waals surface area contributed by atoms with Crippen LogP contribution in [0.5, 0.6) is 5.75 Å². The van der Waals surface area contributed by atoms with Gasteiger partial charge in [0.05, 0.1) is 19.3 Å². The van der Waals surface area contributed by atoms with Crippen LogP contribution in [0.15, 0.2) is 30.5 Å². The van der Waals surface area contributed by atoms with Gasteiger partial charge in [0, 0.05) is 20.0 Å². The monoisotopic (exact) mass is 369 g/mol. The Morgan fingerprint density at radius 3 is 2.85 bits per heavy atom. The smallest absolute Gasteiger partial charge is 0.275 e. The molecule has 1 atom stereocenters. The van der Waals surface area contributed by atoms with Gasteiger partial charge in [-0.3, -0.25) is 9.48 Å². The lowest BCUT2D eigenvalue weighted by Gasteiger charge is -2.25. The van der Waals surface area contributed by atoms with Crippen LogP contribution in [0.3, 0.4) is 0 Å². The molecule has 2 aliphatic rings. The Morgan fingerprint density at radius 1 is 1.22 bits per heavy atom. The molecule has 4 rings (SSSR count). The first-order valence-electron chi connectivity index (χ1n) is 9.81. The van der Waals surface area contributed by atoms with Crippen molar-refractivity contribution in [1.29, 1.82) is 0 Å². The van der Waals surface area contributed by atoms with Gasteiger partial charge >= 0.3 is 0 Å². The van der Waals surface area contributed by atoms with Gasteiger partial charge in [-0.1, -0.05) is 29.8 Å². The number of benzene rings is 1. The number of carbonyl (C=O) groups excluding carboxylic acids is 1. The lowest BCUT2D eigenvalue weighted by atomic mass is 10.1. The van der Waals surface area contributed by atoms with E-state index in [-0.39, 0.29) is 12.0 Å². The number of fused-ring (bicyclic) bond motifs is 1. The Hall–Kier alpha value is -2.41. The summed E-state index contributed by atoms with van der Waals surface area (Å²) in [6.07, 6.45) is 6.47. The Kier molecular flexibility index (Phi) is 5.38. The van der Waals surface area contributed by atoms with Crippen LogP contribution in [0.4, 0.5) is 0 Å². The fourth-order valence-electron chi connectivity index (χ4n) is 3.87. The number of nitrogens with zero attached hydrogens (tertiary/aromatic N) is 5. The van der Waals surface area contributed by atoms with E-state index < -0.39 is 0 Å². The molecule has 0 saturated carbocycles. The number of para-hydroxylation sites is 1. The standard InChI is InChI=1S/C20H27N5O2/c1-23(14-17-13-16-7-3-4-8-19(16)27-17)20(26)18-15-25(22-21-18)12-11-24-9-5-2-6-10-24/h3-4,7-8,15,17H,2,5-6,9-14H2,1H3/t17-/m1/s1. The van der Waals surface area contributed by atoms with Crippen molar-refractivity contribution >= 4 is 5.91 Å². The molecular formula is C20H27N5O2. The van der Waals surface area contributed by atoms with Gasteiger partial charge < -0.3 is 14.5 Å². The zero-order chi connectivity index (χ0) is 18.6. The van der Waals surface area contributed by atoms with Crippen molar-refractivity contribution in [3.05, 3.63) is 41.7 Å². The summed E-state index contributed by atoms with van der Waals surface area (Å²) in [7, 11) is 1.79. The number of ether oxygens (including phenoxy) is 1. The topological polar surface area (TPSA) is 63.5 Å². The van der Waals surface area contributed by atoms with Gasteiger partial charge in [0.15, 0.2) is 5.69 Å². The molecule has 2 aliphatic heterocycles. The van der Waals surface area contributed by atoms with E-state index in [1.54, 1.807) is 22.8 Å². The molecule has 0 aliphatic carbocycles. The van der Waals surface area contributed by atoms with Gasteiger partial charge in [-0.2, -0.15) is 0 Å². The maximum absolute atomic E-state index is 12.7. The second kappa shape index (κ2) is 8.08. The molecule has 2 aromatic rings. The van der Waals surface area contributed by atoms with Crippen molar-refractivity contribution in [2.45, 2.75) is 38.3 Å². The summed E-state index contributed by atoms with van der Waals surface area (Å²) in [6, 6.07) is 8.04. The second-order valence-electron chi connectivity index (χ2n) is 7.51. The van der Waals surface area contributed by atoms with Crippen LogP contribution in [-0.4, -0.2) is 70.0 Å². The van der Waals surface area contributed by atoms with Crippen molar-refractivity contribution in [3.63, 3.8) is 0 Å². The van der Waals surface area contributed by atoms with Crippen LogP contribution in [0.2, 0.25) is 0 Å². The molecule has 0 radical (unpaired) electrons. The van der Waals surface area contributed by atoms with Crippen LogP contribution in [0.1, 0.15) is 35.3 Å². The van der Waals surface area contributed by atoms with Gasteiger partial charge in [0.25, 0.3) is 5.91 Å². The maximum atomic E-state index is 12.7. The maximum Gasteiger partial charge on any atom is 0.275 e. The SMILES string of the molecule is CN(C[C@H]1Cc2ccccc2O1)C(=O)c1cn(CCN2CCCCC2)nn1. The largest absolute Gasteiger partial charge is 0.488 e. The Bertz CT molecular complexity index is 759. The third-order valence-corrected chi connectivity index (χ3v) is 5.39. The molecule has 1 aromatic carbocycles. The third-order valence-electron chi connectivity index (χ3n) is 5.39. The van der Waals surface area contributed by atoms with E-state index in [0.29, 0.717) is 12.2 Å². The number of aromatic nitrogens is 3. The Balaban J connectivity index is 1.28. The zero-order valence-electron chi connectivity index (χ0n) is 15.9. The highest BCUT2D eigenvalue weighted by Crippen LogP contribution is 2.28. The number of amides is 1. The number of hydrogen-bond donors (Lipinski definition) is 0. The molecule has 144 valence electrons. The second-order valence-corrected chi connectivity index (χ2v) is 7.51. The molecule has 0 spiro atoms. The summed E-state index contributed by atoms with van der Waals surface area (Å²) in [5.41, 5.74) is 1.60. The minimum absolute atomic E-state index is 0.00880. The predicted octanol–water partition coefficient (Wildman–Crippen LogP) is 1.84. The summed E-state index contributed by atoms with van der Waals surface area (Å²) in [4.78, 5) is 16.8. The first-order chi connectivity index (χ1) is 13.2. The molecule has 0 N–H and O–H groups in total. The van der Waals surface area contributed by atoms with E-state index in [0.717, 1.165) is 38.3 Å². The first-order valence-corrected chi connectivity index (χ1v) is 9.81. The number of hydrogen-bond acceptors (Lipinski definition) is 5. The third kappa shape index (κ3) is 4.30. The number of rotatable bonds is 6. The van der Waals surface area contributed by atoms with Gasteiger partial charge in [-0.15, -0.1) is 5.10 Å². The van der Waals surface area contributed by atoms with Gasteiger partial charge in [0.1, 0.15) is 11.9 Å². The number of piperidine rings is 1. The molecule has 1 saturated heterocycles. The molecule has 3 heterocycles. The lowest BCUT2D eigenvalue weighted by molar-refractivity contribution is 0.0724. The molecular weight excluding hydrogens is 342 g/mol. The quantitative estimate of drug-likeness (QED) is 0.777. The molecule has 7 heteroatoms. The normalized spacial score (nSPS) is 19.5. The van der Waals surface area contributed by atoms with Crippen molar-refractivity contribution in [3.8, 4) is 5.75 Å². The van der Waals surface area contributed by atoms with Crippen LogP contribution < -0.4 is 4.74 Å². The van der Waals surface area contributed by atoms with Crippen molar-refractivity contribution in [2.75, 3.05) is 33.2 Å². The molecule has 7 nitrogen and oxygen atoms in total. The number of likely N-dealkylation sites (tertiary alicyclic amines) is 1. The van der Waals surface area contributed by atoms with Crippen molar-refractivity contribution < 1.29 is 9.53 Å². The zero-order valence-corrected chi connectivity index (χ0v) is 15.9. The van der Waals surface area contributed by atoms with E-state index in [9.17, 15) is 4.79 Å². The van der Waals surface area contributed by atoms with Crippen molar-refractivity contribution in [2.24, 2.45) is 0 Å². The molecule has 0 unspecified atom stereocenters. The molecule has 27 heavy (non-hydrogen) atoms. The van der Waals surface area contributed by atoms with Crippen LogP contribution in [0.25, 0.3) is 0 Å². The fourth-order valence-corrected chi connectivity index (χ4v) is 3.87. The highest BCUT2D eigenvalue weighted by atomic mass is 16.5. The number of carbonyl (C=O) groups is 1. The summed E-state index contributed by atoms with van der Waals surface area (Å²) in [5, 5.41) is 8.21. The van der Waals surface area contributed by atoms with Gasteiger partial charge in [-0.25, -0.2) is 0 Å². The fraction of sp³-hybridized carbons (Fsp3) is 0.550. The molecule has 1 fully saturated rings. The molecule has 0 bridgehead atoms. The predicted molar refractivity (Wildman–Crippen MR) is 102 cm³/mol. The minimum Gasteiger partial charge on any atom is -0.488 e. The Labute approximate surface area is 159 Å². The lowest BCUT2D eigenvalue weighted by Crippen LogP contribution is -2.36. The van der Waals surface area contributed by atoms with Crippen molar-refractivity contribution in [1.82, 2.24) is 24.8 Å². The average molecular weight is 369 g/mol. The van der Waals surface area contributed by atoms with E-state index >= 15 is 0 Å². The van der Waals surface area contributed by atoms with E-state index in [4.69, 9.17) is 4.74 Å². The number of likely N-dealkylation sites (N-methyl/N-ethyl adjacent to an activating group) is 1. The Morgan fingerprint density at radius 2 is 2.04 bits per heavy atom. The molecule has 1 aromatic heterocycles.